The van der Waals surface area contributed by atoms with Crippen LogP contribution in [0.4, 0.5) is 17.6 Å². The SMILES string of the molecule is Cc1cc(CN2CCO[C@H](C)C2)cc2c(=O)c(-c3cc([C@](F)(c4nncn4C)C(F)(F)F)cc(C4CC4)n3)coc12. The highest BCUT2D eigenvalue weighted by Crippen LogP contribution is 2.49. The number of benzene rings is 1. The van der Waals surface area contributed by atoms with Crippen LogP contribution in [0.2, 0.25) is 0 Å². The molecule has 0 unspecified atom stereocenters. The van der Waals surface area contributed by atoms with Gasteiger partial charge in [-0.1, -0.05) is 6.07 Å². The molecule has 0 radical (unpaired) electrons. The molecular weight excluding hydrogens is 542 g/mol. The summed E-state index contributed by atoms with van der Waals surface area (Å²) in [7, 11) is 1.24. The lowest BCUT2D eigenvalue weighted by Crippen LogP contribution is -2.41. The van der Waals surface area contributed by atoms with Gasteiger partial charge in [-0.25, -0.2) is 4.39 Å². The number of halogens is 4. The number of hydrogen-bond acceptors (Lipinski definition) is 7. The van der Waals surface area contributed by atoms with E-state index < -0.39 is 28.7 Å². The van der Waals surface area contributed by atoms with E-state index in [1.54, 1.807) is 6.07 Å². The summed E-state index contributed by atoms with van der Waals surface area (Å²) in [4.78, 5) is 20.6. The first-order chi connectivity index (χ1) is 19.5. The van der Waals surface area contributed by atoms with Crippen LogP contribution in [-0.4, -0.2) is 56.6 Å². The van der Waals surface area contributed by atoms with Crippen molar-refractivity contribution in [1.82, 2.24) is 24.6 Å². The van der Waals surface area contributed by atoms with E-state index in [2.05, 4.69) is 20.1 Å². The fourth-order valence-corrected chi connectivity index (χ4v) is 5.54. The Kier molecular flexibility index (Phi) is 6.73. The van der Waals surface area contributed by atoms with Gasteiger partial charge < -0.3 is 13.7 Å². The number of hydrogen-bond donors (Lipinski definition) is 0. The first-order valence-corrected chi connectivity index (χ1v) is 13.5. The molecule has 4 aromatic rings. The van der Waals surface area contributed by atoms with Gasteiger partial charge in [-0.05, 0) is 56.0 Å². The van der Waals surface area contributed by atoms with E-state index >= 15 is 4.39 Å². The molecule has 4 heterocycles. The lowest BCUT2D eigenvalue weighted by molar-refractivity contribution is -0.222. The van der Waals surface area contributed by atoms with E-state index in [-0.39, 0.29) is 34.4 Å². The molecule has 3 aromatic heterocycles. The van der Waals surface area contributed by atoms with Crippen molar-refractivity contribution in [3.05, 3.63) is 75.3 Å². The fraction of sp³-hybridized carbons (Fsp3) is 0.448. The Morgan fingerprint density at radius 3 is 2.56 bits per heavy atom. The van der Waals surface area contributed by atoms with Crippen LogP contribution in [0.3, 0.4) is 0 Å². The lowest BCUT2D eigenvalue weighted by Gasteiger charge is -2.31. The average molecular weight is 572 g/mol. The largest absolute Gasteiger partial charge is 0.463 e. The summed E-state index contributed by atoms with van der Waals surface area (Å²) < 4.78 is 72.0. The van der Waals surface area contributed by atoms with Crippen molar-refractivity contribution in [2.24, 2.45) is 7.05 Å². The number of fused-ring (bicyclic) bond motifs is 1. The molecule has 1 saturated carbocycles. The van der Waals surface area contributed by atoms with Crippen molar-refractivity contribution in [3.63, 3.8) is 0 Å². The quantitative estimate of drug-likeness (QED) is 0.296. The molecule has 6 rings (SSSR count). The van der Waals surface area contributed by atoms with Crippen LogP contribution in [0.25, 0.3) is 22.2 Å². The van der Waals surface area contributed by atoms with Gasteiger partial charge in [-0.2, -0.15) is 13.2 Å². The first-order valence-electron chi connectivity index (χ1n) is 13.5. The van der Waals surface area contributed by atoms with Gasteiger partial charge in [0.15, 0.2) is 5.82 Å². The Hall–Kier alpha value is -3.64. The zero-order chi connectivity index (χ0) is 29.1. The second-order valence-corrected chi connectivity index (χ2v) is 11.0. The highest BCUT2D eigenvalue weighted by molar-refractivity contribution is 5.84. The Morgan fingerprint density at radius 2 is 1.90 bits per heavy atom. The standard InChI is InChI=1S/C29H29F4N5O3/c1-16-8-18(13-38-6-7-40-17(2)12-38)9-21-25(39)22(14-41-26(16)21)24-11-20(10-23(35-24)19-4-5-19)28(30,29(31,32)33)27-36-34-15-37(27)3/h8-11,14-15,17,19H,4-7,12-13H2,1-3H3/t17-,28+/m1/s1. The molecule has 0 spiro atoms. The van der Waals surface area contributed by atoms with Gasteiger partial charge >= 0.3 is 6.18 Å². The molecule has 216 valence electrons. The molecule has 0 amide bonds. The number of nitrogens with zero attached hydrogens (tertiary/aromatic N) is 5. The molecule has 2 fully saturated rings. The minimum atomic E-state index is -5.36. The molecule has 1 aliphatic heterocycles. The third kappa shape index (κ3) is 4.93. The molecule has 1 saturated heterocycles. The van der Waals surface area contributed by atoms with E-state index in [1.807, 2.05) is 19.9 Å². The number of aromatic nitrogens is 4. The smallest absolute Gasteiger partial charge is 0.434 e. The van der Waals surface area contributed by atoms with Crippen LogP contribution in [0.1, 0.15) is 53.9 Å². The van der Waals surface area contributed by atoms with Gasteiger partial charge in [0, 0.05) is 43.9 Å². The van der Waals surface area contributed by atoms with Crippen molar-refractivity contribution in [2.75, 3.05) is 19.7 Å². The lowest BCUT2D eigenvalue weighted by atomic mass is 9.91. The van der Waals surface area contributed by atoms with Crippen LogP contribution < -0.4 is 5.43 Å². The molecule has 8 nitrogen and oxygen atoms in total. The number of morpholine rings is 1. The van der Waals surface area contributed by atoms with Gasteiger partial charge in [-0.3, -0.25) is 14.7 Å². The molecule has 2 atom stereocenters. The Morgan fingerprint density at radius 1 is 1.12 bits per heavy atom. The summed E-state index contributed by atoms with van der Waals surface area (Å²) in [5.41, 5.74) is -2.94. The maximum absolute atomic E-state index is 16.3. The van der Waals surface area contributed by atoms with Gasteiger partial charge in [0.2, 0.25) is 5.43 Å². The highest BCUT2D eigenvalue weighted by atomic mass is 19.4. The first kappa shape index (κ1) is 27.5. The van der Waals surface area contributed by atoms with Crippen molar-refractivity contribution < 1.29 is 26.7 Å². The van der Waals surface area contributed by atoms with E-state index in [0.717, 1.165) is 47.2 Å². The number of ether oxygens (including phenoxy) is 1. The molecule has 2 aliphatic rings. The number of aryl methyl sites for hydroxylation is 2. The maximum Gasteiger partial charge on any atom is 0.434 e. The third-order valence-electron chi connectivity index (χ3n) is 7.77. The molecular formula is C29H29F4N5O3. The second-order valence-electron chi connectivity index (χ2n) is 11.0. The summed E-state index contributed by atoms with van der Waals surface area (Å²) in [5.74, 6) is -1.03. The maximum atomic E-state index is 16.3. The van der Waals surface area contributed by atoms with Crippen LogP contribution in [0.15, 0.2) is 46.1 Å². The molecule has 1 aromatic carbocycles. The third-order valence-corrected chi connectivity index (χ3v) is 7.77. The summed E-state index contributed by atoms with van der Waals surface area (Å²) in [6, 6.07) is 5.80. The van der Waals surface area contributed by atoms with Crippen LogP contribution in [0.5, 0.6) is 0 Å². The predicted molar refractivity (Wildman–Crippen MR) is 142 cm³/mol. The van der Waals surface area contributed by atoms with Crippen molar-refractivity contribution in [1.29, 1.82) is 0 Å². The van der Waals surface area contributed by atoms with E-state index in [1.165, 1.54) is 13.3 Å². The monoisotopic (exact) mass is 571 g/mol. The molecule has 12 heteroatoms. The number of rotatable bonds is 6. The molecule has 0 bridgehead atoms. The minimum absolute atomic E-state index is 0.0414. The van der Waals surface area contributed by atoms with E-state index in [0.29, 0.717) is 31.6 Å². The summed E-state index contributed by atoms with van der Waals surface area (Å²) >= 11 is 0. The number of pyridine rings is 1. The second kappa shape index (κ2) is 10.0. The normalized spacial score (nSPS) is 19.9. The van der Waals surface area contributed by atoms with Crippen LogP contribution in [-0.2, 0) is 24.0 Å². The van der Waals surface area contributed by atoms with Crippen molar-refractivity contribution >= 4 is 11.0 Å². The van der Waals surface area contributed by atoms with E-state index in [4.69, 9.17) is 9.15 Å². The minimum Gasteiger partial charge on any atom is -0.463 e. The highest BCUT2D eigenvalue weighted by Gasteiger charge is 2.62. The topological polar surface area (TPSA) is 86.3 Å². The van der Waals surface area contributed by atoms with Gasteiger partial charge in [0.1, 0.15) is 18.2 Å². The summed E-state index contributed by atoms with van der Waals surface area (Å²) in [6.45, 7) is 6.57. The predicted octanol–water partition coefficient (Wildman–Crippen LogP) is 5.17. The van der Waals surface area contributed by atoms with Crippen LogP contribution >= 0.6 is 0 Å². The van der Waals surface area contributed by atoms with Gasteiger partial charge in [-0.15, -0.1) is 10.2 Å². The summed E-state index contributed by atoms with van der Waals surface area (Å²) in [5, 5.41) is 7.22. The van der Waals surface area contributed by atoms with E-state index in [9.17, 15) is 18.0 Å². The van der Waals surface area contributed by atoms with Crippen molar-refractivity contribution in [2.45, 2.75) is 57.1 Å². The fourth-order valence-electron chi connectivity index (χ4n) is 5.54. The van der Waals surface area contributed by atoms with Gasteiger partial charge in [0.25, 0.3) is 5.67 Å². The molecule has 41 heavy (non-hydrogen) atoms. The zero-order valence-electron chi connectivity index (χ0n) is 22.8. The Balaban J connectivity index is 1.49. The van der Waals surface area contributed by atoms with Crippen molar-refractivity contribution in [3.8, 4) is 11.3 Å². The number of alkyl halides is 4. The molecule has 1 aliphatic carbocycles. The Labute approximate surface area is 233 Å². The van der Waals surface area contributed by atoms with Crippen LogP contribution in [0, 0.1) is 6.92 Å². The summed E-state index contributed by atoms with van der Waals surface area (Å²) in [6.07, 6.45) is -1.64. The van der Waals surface area contributed by atoms with Gasteiger partial charge in [0.05, 0.1) is 29.4 Å². The average Bonchev–Trinajstić information content (AvgIpc) is 3.68. The Bertz CT molecular complexity index is 1680. The zero-order valence-corrected chi connectivity index (χ0v) is 22.8. The molecule has 0 N–H and O–H groups in total.